The number of carbonyl (C=O) groups is 2. The minimum atomic E-state index is -0.462. The molecule has 0 atom stereocenters. The van der Waals surface area contributed by atoms with E-state index in [4.69, 9.17) is 0 Å². The van der Waals surface area contributed by atoms with Crippen molar-refractivity contribution in [3.63, 3.8) is 0 Å². The van der Waals surface area contributed by atoms with Crippen LogP contribution in [0.25, 0.3) is 0 Å². The van der Waals surface area contributed by atoms with E-state index in [9.17, 15) is 9.59 Å². The Balaban J connectivity index is -0.000000320. The van der Waals surface area contributed by atoms with Crippen LogP contribution >= 0.6 is 0 Å². The standard InChI is InChI=1S/C5H8O4.Na.H/c1-4(6)8-3-9-5(2)7;;/h3H2,1-2H3;;/q;+1;-1. The molecule has 0 aliphatic carbocycles. The molecule has 0 fully saturated rings. The van der Waals surface area contributed by atoms with Crippen molar-refractivity contribution >= 4 is 11.9 Å². The van der Waals surface area contributed by atoms with Gasteiger partial charge < -0.3 is 10.9 Å². The van der Waals surface area contributed by atoms with Gasteiger partial charge in [0.15, 0.2) is 0 Å². The Bertz CT molecular complexity index is 114. The molecule has 0 spiro atoms. The van der Waals surface area contributed by atoms with E-state index in [2.05, 4.69) is 9.47 Å². The summed E-state index contributed by atoms with van der Waals surface area (Å²) in [5.41, 5.74) is 0. The maximum Gasteiger partial charge on any atom is 1.00 e. The van der Waals surface area contributed by atoms with Crippen LogP contribution in [-0.2, 0) is 19.1 Å². The third-order valence-corrected chi connectivity index (χ3v) is 0.524. The van der Waals surface area contributed by atoms with Gasteiger partial charge in [0.05, 0.1) is 0 Å². The summed E-state index contributed by atoms with van der Waals surface area (Å²) in [6, 6.07) is 0. The van der Waals surface area contributed by atoms with Crippen LogP contribution in [0.3, 0.4) is 0 Å². The summed E-state index contributed by atoms with van der Waals surface area (Å²) in [6.07, 6.45) is 0. The Morgan fingerprint density at radius 1 is 1.20 bits per heavy atom. The zero-order valence-electron chi connectivity index (χ0n) is 7.34. The van der Waals surface area contributed by atoms with Crippen LogP contribution in [0.5, 0.6) is 0 Å². The average molecular weight is 156 g/mol. The molecule has 5 heteroatoms. The normalized spacial score (nSPS) is 7.40. The molecular weight excluding hydrogens is 147 g/mol. The number of carbonyl (C=O) groups excluding carboxylic acids is 2. The topological polar surface area (TPSA) is 52.6 Å². The zero-order chi connectivity index (χ0) is 7.28. The SMILES string of the molecule is CC(=O)OCOC(C)=O.[H-].[Na+]. The van der Waals surface area contributed by atoms with Gasteiger partial charge in [-0.1, -0.05) is 0 Å². The zero-order valence-corrected chi connectivity index (χ0v) is 8.34. The van der Waals surface area contributed by atoms with Gasteiger partial charge in [-0.2, -0.15) is 0 Å². The number of hydrogen-bond acceptors (Lipinski definition) is 4. The van der Waals surface area contributed by atoms with Crippen molar-refractivity contribution in [2.24, 2.45) is 0 Å². The van der Waals surface area contributed by atoms with Gasteiger partial charge in [-0.15, -0.1) is 0 Å². The van der Waals surface area contributed by atoms with Gasteiger partial charge in [0.1, 0.15) is 0 Å². The van der Waals surface area contributed by atoms with Gasteiger partial charge in [-0.3, -0.25) is 9.59 Å². The quantitative estimate of drug-likeness (QED) is 0.246. The summed E-state index contributed by atoms with van der Waals surface area (Å²) in [4.78, 5) is 20.0. The van der Waals surface area contributed by atoms with E-state index < -0.39 is 11.9 Å². The average Bonchev–Trinajstić information content (AvgIpc) is 1.63. The molecule has 0 saturated carbocycles. The van der Waals surface area contributed by atoms with E-state index >= 15 is 0 Å². The summed E-state index contributed by atoms with van der Waals surface area (Å²) in [5.74, 6) is -0.924. The molecule has 0 N–H and O–H groups in total. The van der Waals surface area contributed by atoms with Crippen LogP contribution < -0.4 is 29.6 Å². The summed E-state index contributed by atoms with van der Waals surface area (Å²) < 4.78 is 8.54. The van der Waals surface area contributed by atoms with Crippen LogP contribution in [0.1, 0.15) is 15.3 Å². The van der Waals surface area contributed by atoms with Crippen LogP contribution in [0.4, 0.5) is 0 Å². The second-order valence-corrected chi connectivity index (χ2v) is 1.39. The molecule has 0 aromatic carbocycles. The van der Waals surface area contributed by atoms with Crippen LogP contribution in [0, 0.1) is 0 Å². The molecule has 0 aromatic rings. The predicted octanol–water partition coefficient (Wildman–Crippen LogP) is -2.81. The van der Waals surface area contributed by atoms with Crippen molar-refractivity contribution in [1.29, 1.82) is 0 Å². The first-order valence-electron chi connectivity index (χ1n) is 2.39. The third-order valence-electron chi connectivity index (χ3n) is 0.524. The summed E-state index contributed by atoms with van der Waals surface area (Å²) in [5, 5.41) is 0. The first-order valence-corrected chi connectivity index (χ1v) is 2.39. The molecule has 0 aliphatic heterocycles. The molecule has 0 saturated heterocycles. The summed E-state index contributed by atoms with van der Waals surface area (Å²) in [6.45, 7) is 2.19. The summed E-state index contributed by atoms with van der Waals surface area (Å²) in [7, 11) is 0. The fourth-order valence-corrected chi connectivity index (χ4v) is 0.195. The van der Waals surface area contributed by atoms with E-state index in [-0.39, 0.29) is 37.8 Å². The molecule has 0 aliphatic rings. The smallest absolute Gasteiger partial charge is 1.00 e. The van der Waals surface area contributed by atoms with Gasteiger partial charge in [0.2, 0.25) is 6.79 Å². The van der Waals surface area contributed by atoms with Gasteiger partial charge in [-0.25, -0.2) is 0 Å². The monoisotopic (exact) mass is 156 g/mol. The molecule has 54 valence electrons. The third kappa shape index (κ3) is 10.8. The number of esters is 2. The van der Waals surface area contributed by atoms with Crippen molar-refractivity contribution in [1.82, 2.24) is 0 Å². The molecule has 0 bridgehead atoms. The van der Waals surface area contributed by atoms with Crippen LogP contribution in [0.15, 0.2) is 0 Å². The largest absolute Gasteiger partial charge is 1.00 e. The first-order chi connectivity index (χ1) is 4.13. The molecule has 4 nitrogen and oxygen atoms in total. The minimum absolute atomic E-state index is 0. The molecule has 0 radical (unpaired) electrons. The van der Waals surface area contributed by atoms with Crippen LogP contribution in [-0.4, -0.2) is 18.7 Å². The van der Waals surface area contributed by atoms with E-state index in [0.717, 1.165) is 0 Å². The van der Waals surface area contributed by atoms with Crippen molar-refractivity contribution in [3.8, 4) is 0 Å². The second kappa shape index (κ2) is 7.05. The second-order valence-electron chi connectivity index (χ2n) is 1.39. The van der Waals surface area contributed by atoms with Gasteiger partial charge in [0.25, 0.3) is 0 Å². The molecule has 10 heavy (non-hydrogen) atoms. The van der Waals surface area contributed by atoms with E-state index in [0.29, 0.717) is 0 Å². The van der Waals surface area contributed by atoms with Crippen molar-refractivity contribution in [2.75, 3.05) is 6.79 Å². The molecule has 0 heterocycles. The minimum Gasteiger partial charge on any atom is -1.00 e. The Kier molecular flexibility index (Phi) is 8.89. The molecule has 0 rings (SSSR count). The van der Waals surface area contributed by atoms with Crippen molar-refractivity contribution in [3.05, 3.63) is 0 Å². The van der Waals surface area contributed by atoms with Crippen molar-refractivity contribution < 1.29 is 50.0 Å². The Morgan fingerprint density at radius 3 is 1.70 bits per heavy atom. The van der Waals surface area contributed by atoms with E-state index in [1.165, 1.54) is 13.8 Å². The fourth-order valence-electron chi connectivity index (χ4n) is 0.195. The van der Waals surface area contributed by atoms with Gasteiger partial charge in [0, 0.05) is 13.8 Å². The summed E-state index contributed by atoms with van der Waals surface area (Å²) >= 11 is 0. The maximum atomic E-state index is 10.0. The van der Waals surface area contributed by atoms with Gasteiger partial charge >= 0.3 is 41.5 Å². The molecule has 0 amide bonds. The molecule has 0 aromatic heterocycles. The Labute approximate surface area is 82.6 Å². The first kappa shape index (κ1) is 12.6. The van der Waals surface area contributed by atoms with Crippen LogP contribution in [0.2, 0.25) is 0 Å². The maximum absolute atomic E-state index is 10.0. The molecular formula is C5H9NaO4. The number of rotatable bonds is 2. The number of hydrogen-bond donors (Lipinski definition) is 0. The fraction of sp³-hybridized carbons (Fsp3) is 0.600. The van der Waals surface area contributed by atoms with Gasteiger partial charge in [-0.05, 0) is 0 Å². The van der Waals surface area contributed by atoms with Crippen molar-refractivity contribution in [2.45, 2.75) is 13.8 Å². The number of ether oxygens (including phenoxy) is 2. The molecule has 0 unspecified atom stereocenters. The Morgan fingerprint density at radius 2 is 1.50 bits per heavy atom. The Hall–Kier alpha value is -0.0600. The van der Waals surface area contributed by atoms with E-state index in [1.807, 2.05) is 0 Å². The predicted molar refractivity (Wildman–Crippen MR) is 29.5 cm³/mol. The van der Waals surface area contributed by atoms with E-state index in [1.54, 1.807) is 0 Å².